The van der Waals surface area contributed by atoms with E-state index in [-0.39, 0.29) is 11.3 Å². The Bertz CT molecular complexity index is 772. The summed E-state index contributed by atoms with van der Waals surface area (Å²) in [6, 6.07) is 12.6. The lowest BCUT2D eigenvalue weighted by Crippen LogP contribution is -2.13. The van der Waals surface area contributed by atoms with Gasteiger partial charge in [-0.25, -0.2) is 8.42 Å². The van der Waals surface area contributed by atoms with Gasteiger partial charge in [0.2, 0.25) is 0 Å². The van der Waals surface area contributed by atoms with Crippen molar-refractivity contribution in [2.75, 3.05) is 4.72 Å². The number of carboxylic acid groups (broad SMARTS) is 1. The highest BCUT2D eigenvalue weighted by molar-refractivity contribution is 7.92. The van der Waals surface area contributed by atoms with Crippen molar-refractivity contribution < 1.29 is 18.3 Å². The molecule has 2 aromatic carbocycles. The monoisotopic (exact) mass is 339 g/mol. The minimum absolute atomic E-state index is 0.00394. The lowest BCUT2D eigenvalue weighted by molar-refractivity contribution is -0.136. The van der Waals surface area contributed by atoms with Gasteiger partial charge in [-0.2, -0.15) is 0 Å². The van der Waals surface area contributed by atoms with Crippen molar-refractivity contribution in [2.24, 2.45) is 0 Å². The predicted octanol–water partition coefficient (Wildman–Crippen LogP) is 3.16. The van der Waals surface area contributed by atoms with Crippen LogP contribution >= 0.6 is 11.6 Å². The summed E-state index contributed by atoms with van der Waals surface area (Å²) in [7, 11) is -3.73. The molecule has 0 fully saturated rings. The number of anilines is 1. The number of aliphatic carboxylic acids is 1. The molecule has 0 aromatic heterocycles. The van der Waals surface area contributed by atoms with E-state index >= 15 is 0 Å². The Kier molecular flexibility index (Phi) is 5.05. The molecule has 0 amide bonds. The van der Waals surface area contributed by atoms with Crippen molar-refractivity contribution in [1.82, 2.24) is 0 Å². The van der Waals surface area contributed by atoms with Crippen LogP contribution in [0, 0.1) is 0 Å². The van der Waals surface area contributed by atoms with Crippen LogP contribution in [0.2, 0.25) is 5.02 Å². The Labute approximate surface area is 133 Å². The molecule has 0 spiro atoms. The molecule has 116 valence electrons. The average Bonchev–Trinajstić information content (AvgIpc) is 2.48. The lowest BCUT2D eigenvalue weighted by atomic mass is 10.1. The quantitative estimate of drug-likeness (QED) is 0.846. The SMILES string of the molecule is O=C(O)CCc1ccc(S(=O)(=O)Nc2ccccc2Cl)cc1. The maximum atomic E-state index is 12.3. The summed E-state index contributed by atoms with van der Waals surface area (Å²) >= 11 is 5.93. The van der Waals surface area contributed by atoms with Crippen molar-refractivity contribution in [1.29, 1.82) is 0 Å². The minimum Gasteiger partial charge on any atom is -0.481 e. The van der Waals surface area contributed by atoms with Crippen molar-refractivity contribution >= 4 is 33.3 Å². The fourth-order valence-electron chi connectivity index (χ4n) is 1.83. The normalized spacial score (nSPS) is 11.1. The molecule has 0 saturated heterocycles. The number of para-hydroxylation sites is 1. The third kappa shape index (κ3) is 4.22. The number of sulfonamides is 1. The van der Waals surface area contributed by atoms with Crippen LogP contribution in [0.4, 0.5) is 5.69 Å². The van der Waals surface area contributed by atoms with Crippen LogP contribution in [0.3, 0.4) is 0 Å². The van der Waals surface area contributed by atoms with Crippen LogP contribution in [-0.2, 0) is 21.2 Å². The Morgan fingerprint density at radius 1 is 1.09 bits per heavy atom. The standard InChI is InChI=1S/C15H14ClNO4S/c16-13-3-1-2-4-14(13)17-22(20,21)12-8-5-11(6-9-12)7-10-15(18)19/h1-6,8-9,17H,7,10H2,(H,18,19). The second-order valence-electron chi connectivity index (χ2n) is 4.62. The first-order valence-corrected chi connectivity index (χ1v) is 8.33. The van der Waals surface area contributed by atoms with Crippen molar-refractivity contribution in [3.8, 4) is 0 Å². The molecular formula is C15H14ClNO4S. The van der Waals surface area contributed by atoms with Crippen molar-refractivity contribution in [2.45, 2.75) is 17.7 Å². The molecule has 5 nitrogen and oxygen atoms in total. The molecule has 0 aliphatic heterocycles. The van der Waals surface area contributed by atoms with Gasteiger partial charge in [-0.1, -0.05) is 35.9 Å². The van der Waals surface area contributed by atoms with E-state index in [1.165, 1.54) is 12.1 Å². The predicted molar refractivity (Wildman–Crippen MR) is 84.7 cm³/mol. The van der Waals surface area contributed by atoms with Crippen LogP contribution in [0.5, 0.6) is 0 Å². The smallest absolute Gasteiger partial charge is 0.303 e. The molecule has 0 aliphatic rings. The fraction of sp³-hybridized carbons (Fsp3) is 0.133. The molecule has 2 aromatic rings. The number of hydrogen-bond acceptors (Lipinski definition) is 3. The summed E-state index contributed by atoms with van der Waals surface area (Å²) in [5.41, 5.74) is 1.07. The maximum Gasteiger partial charge on any atom is 0.303 e. The zero-order chi connectivity index (χ0) is 16.2. The molecule has 0 unspecified atom stereocenters. The maximum absolute atomic E-state index is 12.3. The molecule has 0 bridgehead atoms. The Balaban J connectivity index is 2.16. The third-order valence-electron chi connectivity index (χ3n) is 2.98. The molecule has 0 aliphatic carbocycles. The van der Waals surface area contributed by atoms with E-state index in [2.05, 4.69) is 4.72 Å². The van der Waals surface area contributed by atoms with E-state index in [0.717, 1.165) is 5.56 Å². The van der Waals surface area contributed by atoms with Gasteiger partial charge in [-0.05, 0) is 36.2 Å². The van der Waals surface area contributed by atoms with Crippen LogP contribution in [-0.4, -0.2) is 19.5 Å². The van der Waals surface area contributed by atoms with Crippen molar-refractivity contribution in [3.05, 3.63) is 59.1 Å². The number of halogens is 1. The molecule has 7 heteroatoms. The summed E-state index contributed by atoms with van der Waals surface area (Å²) in [5.74, 6) is -0.892. The molecule has 0 saturated carbocycles. The van der Waals surface area contributed by atoms with Gasteiger partial charge in [0.15, 0.2) is 0 Å². The highest BCUT2D eigenvalue weighted by atomic mass is 35.5. The topological polar surface area (TPSA) is 83.5 Å². The highest BCUT2D eigenvalue weighted by Gasteiger charge is 2.15. The van der Waals surface area contributed by atoms with E-state index in [4.69, 9.17) is 16.7 Å². The van der Waals surface area contributed by atoms with Gasteiger partial charge in [0.05, 0.1) is 15.6 Å². The number of carboxylic acids is 1. The summed E-state index contributed by atoms with van der Waals surface area (Å²) in [6.07, 6.45) is 0.359. The number of aryl methyl sites for hydroxylation is 1. The number of hydrogen-bond donors (Lipinski definition) is 2. The molecule has 2 rings (SSSR count). The first-order valence-electron chi connectivity index (χ1n) is 6.46. The average molecular weight is 340 g/mol. The summed E-state index contributed by atoms with van der Waals surface area (Å²) in [6.45, 7) is 0. The van der Waals surface area contributed by atoms with E-state index < -0.39 is 16.0 Å². The molecule has 2 N–H and O–H groups in total. The molecule has 22 heavy (non-hydrogen) atoms. The Morgan fingerprint density at radius 2 is 1.73 bits per heavy atom. The fourth-order valence-corrected chi connectivity index (χ4v) is 3.15. The van der Waals surface area contributed by atoms with Gasteiger partial charge in [0.25, 0.3) is 10.0 Å². The zero-order valence-electron chi connectivity index (χ0n) is 11.5. The highest BCUT2D eigenvalue weighted by Crippen LogP contribution is 2.24. The van der Waals surface area contributed by atoms with Gasteiger partial charge >= 0.3 is 5.97 Å². The minimum atomic E-state index is -3.73. The van der Waals surface area contributed by atoms with Crippen LogP contribution in [0.1, 0.15) is 12.0 Å². The van der Waals surface area contributed by atoms with Crippen molar-refractivity contribution in [3.63, 3.8) is 0 Å². The van der Waals surface area contributed by atoms with Gasteiger partial charge in [0.1, 0.15) is 0 Å². The van der Waals surface area contributed by atoms with E-state index in [1.807, 2.05) is 0 Å². The second-order valence-corrected chi connectivity index (χ2v) is 6.71. The van der Waals surface area contributed by atoms with Crippen LogP contribution in [0.25, 0.3) is 0 Å². The van der Waals surface area contributed by atoms with E-state index in [0.29, 0.717) is 17.1 Å². The van der Waals surface area contributed by atoms with Crippen LogP contribution in [0.15, 0.2) is 53.4 Å². The summed E-state index contributed by atoms with van der Waals surface area (Å²) in [5, 5.41) is 8.94. The lowest BCUT2D eigenvalue weighted by Gasteiger charge is -2.10. The summed E-state index contributed by atoms with van der Waals surface area (Å²) in [4.78, 5) is 10.6. The summed E-state index contributed by atoms with van der Waals surface area (Å²) < 4.78 is 27.0. The second kappa shape index (κ2) is 6.81. The number of rotatable bonds is 6. The molecular weight excluding hydrogens is 326 g/mol. The Hall–Kier alpha value is -2.05. The molecule has 0 radical (unpaired) electrons. The van der Waals surface area contributed by atoms with Gasteiger partial charge in [-0.3, -0.25) is 9.52 Å². The van der Waals surface area contributed by atoms with Gasteiger partial charge in [0, 0.05) is 6.42 Å². The first kappa shape index (κ1) is 16.3. The largest absolute Gasteiger partial charge is 0.481 e. The van der Waals surface area contributed by atoms with Gasteiger partial charge in [-0.15, -0.1) is 0 Å². The first-order chi connectivity index (χ1) is 10.4. The van der Waals surface area contributed by atoms with E-state index in [1.54, 1.807) is 36.4 Å². The molecule has 0 atom stereocenters. The zero-order valence-corrected chi connectivity index (χ0v) is 13.1. The Morgan fingerprint density at radius 3 is 2.32 bits per heavy atom. The number of nitrogens with one attached hydrogen (secondary N) is 1. The third-order valence-corrected chi connectivity index (χ3v) is 4.69. The molecule has 0 heterocycles. The number of carbonyl (C=O) groups is 1. The van der Waals surface area contributed by atoms with E-state index in [9.17, 15) is 13.2 Å². The van der Waals surface area contributed by atoms with Gasteiger partial charge < -0.3 is 5.11 Å². The van der Waals surface area contributed by atoms with Crippen LogP contribution < -0.4 is 4.72 Å². The number of benzene rings is 2.